The molecule has 0 unspecified atom stereocenters. The molecule has 1 fully saturated rings. The molecule has 2 amide bonds. The maximum atomic E-state index is 11.8. The van der Waals surface area contributed by atoms with Crippen LogP contribution in [0.1, 0.15) is 0 Å². The molecule has 0 aromatic rings. The largest absolute Gasteiger partial charge is 0.378 e. The molecule has 0 aromatic carbocycles. The molecule has 2 rings (SSSR count). The fraction of sp³-hybridized carbons (Fsp3) is 0.500. The Balaban J connectivity index is 1.93. The van der Waals surface area contributed by atoms with E-state index in [1.165, 1.54) is 0 Å². The highest BCUT2D eigenvalue weighted by atomic mass is 16.5. The summed E-state index contributed by atoms with van der Waals surface area (Å²) in [6.07, 6.45) is 8.33. The molecule has 4 heteroatoms. The molecular formula is C10H13N2O2+. The molecule has 2 heterocycles. The number of hydrogen-bond donors (Lipinski definition) is 0. The van der Waals surface area contributed by atoms with Gasteiger partial charge in [-0.05, 0) is 0 Å². The summed E-state index contributed by atoms with van der Waals surface area (Å²) >= 11 is 0. The molecule has 0 radical (unpaired) electrons. The lowest BCUT2D eigenvalue weighted by molar-refractivity contribution is 0.0472. The summed E-state index contributed by atoms with van der Waals surface area (Å²) in [5.41, 5.74) is 0. The topological polar surface area (TPSA) is 32.8 Å². The van der Waals surface area contributed by atoms with Gasteiger partial charge in [0.05, 0.1) is 19.3 Å². The van der Waals surface area contributed by atoms with E-state index < -0.39 is 0 Å². The molecule has 14 heavy (non-hydrogen) atoms. The van der Waals surface area contributed by atoms with Crippen LogP contribution in [0.3, 0.4) is 0 Å². The minimum absolute atomic E-state index is 0.0464. The second-order valence-corrected chi connectivity index (χ2v) is 3.23. The van der Waals surface area contributed by atoms with Crippen molar-refractivity contribution in [3.8, 4) is 0 Å². The number of carbonyl (C=O) groups is 1. The van der Waals surface area contributed by atoms with Crippen LogP contribution in [0.4, 0.5) is 4.79 Å². The van der Waals surface area contributed by atoms with Crippen LogP contribution in [-0.2, 0) is 4.74 Å². The van der Waals surface area contributed by atoms with Crippen molar-refractivity contribution < 1.29 is 9.53 Å². The highest BCUT2D eigenvalue weighted by Crippen LogP contribution is 2.06. The Morgan fingerprint density at radius 1 is 1.36 bits per heavy atom. The normalized spacial score (nSPS) is 20.9. The molecule has 0 atom stereocenters. The standard InChI is InChI=1S/C10H13N2O2/c13-10(11-4-2-1-3-5-11)12-6-8-14-9-7-12/h1-2,5H,4,6-9H2/q+1. The van der Waals surface area contributed by atoms with E-state index in [0.29, 0.717) is 32.8 Å². The molecule has 1 saturated heterocycles. The quantitative estimate of drug-likeness (QED) is 0.528. The molecule has 0 aliphatic carbocycles. The fourth-order valence-corrected chi connectivity index (χ4v) is 1.49. The van der Waals surface area contributed by atoms with Crippen molar-refractivity contribution in [3.63, 3.8) is 0 Å². The number of nitrogens with zero attached hydrogens (tertiary/aromatic N) is 2. The third-order valence-electron chi connectivity index (χ3n) is 2.27. The second-order valence-electron chi connectivity index (χ2n) is 3.23. The Kier molecular flexibility index (Phi) is 2.77. The van der Waals surface area contributed by atoms with Gasteiger partial charge in [-0.1, -0.05) is 0 Å². The first-order valence-electron chi connectivity index (χ1n) is 4.75. The second kappa shape index (κ2) is 4.22. The molecule has 0 bridgehead atoms. The van der Waals surface area contributed by atoms with Crippen molar-refractivity contribution in [1.82, 2.24) is 9.80 Å². The highest BCUT2D eigenvalue weighted by molar-refractivity contribution is 5.76. The van der Waals surface area contributed by atoms with Crippen molar-refractivity contribution >= 4 is 6.03 Å². The van der Waals surface area contributed by atoms with Crippen molar-refractivity contribution in [2.24, 2.45) is 0 Å². The molecule has 4 nitrogen and oxygen atoms in total. The summed E-state index contributed by atoms with van der Waals surface area (Å²) in [5, 5.41) is 0. The zero-order valence-electron chi connectivity index (χ0n) is 7.98. The van der Waals surface area contributed by atoms with E-state index in [1.807, 2.05) is 12.2 Å². The third kappa shape index (κ3) is 1.92. The van der Waals surface area contributed by atoms with Crippen LogP contribution in [0, 0.1) is 6.08 Å². The first kappa shape index (κ1) is 9.19. The van der Waals surface area contributed by atoms with Crippen molar-refractivity contribution in [2.45, 2.75) is 0 Å². The lowest BCUT2D eigenvalue weighted by Crippen LogP contribution is -2.46. The van der Waals surface area contributed by atoms with Crippen LogP contribution in [-0.4, -0.2) is 48.7 Å². The summed E-state index contributed by atoms with van der Waals surface area (Å²) in [5.74, 6) is 0. The van der Waals surface area contributed by atoms with E-state index in [2.05, 4.69) is 6.08 Å². The summed E-state index contributed by atoms with van der Waals surface area (Å²) in [6, 6.07) is 0.0464. The smallest absolute Gasteiger partial charge is 0.327 e. The Labute approximate surface area is 83.4 Å². The fourth-order valence-electron chi connectivity index (χ4n) is 1.49. The number of carbonyl (C=O) groups excluding carboxylic acids is 1. The van der Waals surface area contributed by atoms with Crippen LogP contribution < -0.4 is 0 Å². The van der Waals surface area contributed by atoms with Gasteiger partial charge in [0.2, 0.25) is 0 Å². The monoisotopic (exact) mass is 193 g/mol. The van der Waals surface area contributed by atoms with E-state index in [9.17, 15) is 4.79 Å². The van der Waals surface area contributed by atoms with Gasteiger partial charge in [-0.2, -0.15) is 0 Å². The SMILES string of the molecule is O=C(N1C=[C+]C=CC1)N1CCOCC1. The van der Waals surface area contributed by atoms with Gasteiger partial charge in [-0.3, -0.25) is 4.90 Å². The van der Waals surface area contributed by atoms with Gasteiger partial charge in [0, 0.05) is 13.1 Å². The maximum Gasteiger partial charge on any atom is 0.327 e. The molecule has 74 valence electrons. The number of ether oxygens (including phenoxy) is 1. The number of rotatable bonds is 0. The van der Waals surface area contributed by atoms with Gasteiger partial charge in [0.1, 0.15) is 12.6 Å². The average Bonchev–Trinajstić information content (AvgIpc) is 2.30. The predicted octanol–water partition coefficient (Wildman–Crippen LogP) is 0.627. The van der Waals surface area contributed by atoms with Gasteiger partial charge in [-0.25, -0.2) is 4.79 Å². The first-order chi connectivity index (χ1) is 6.88. The Hall–Kier alpha value is -1.38. The molecule has 0 spiro atoms. The van der Waals surface area contributed by atoms with Crippen LogP contribution >= 0.6 is 0 Å². The van der Waals surface area contributed by atoms with Gasteiger partial charge in [0.25, 0.3) is 0 Å². The van der Waals surface area contributed by atoms with E-state index >= 15 is 0 Å². The number of morpholine rings is 1. The molecule has 2 aliphatic rings. The Bertz CT molecular complexity index is 267. The number of urea groups is 1. The predicted molar refractivity (Wildman–Crippen MR) is 51.4 cm³/mol. The molecule has 0 N–H and O–H groups in total. The Morgan fingerprint density at radius 2 is 2.14 bits per heavy atom. The zero-order chi connectivity index (χ0) is 9.80. The number of allylic oxidation sites excluding steroid dienone is 2. The Morgan fingerprint density at radius 3 is 2.79 bits per heavy atom. The number of hydrogen-bond acceptors (Lipinski definition) is 2. The van der Waals surface area contributed by atoms with Gasteiger partial charge >= 0.3 is 6.03 Å². The highest BCUT2D eigenvalue weighted by Gasteiger charge is 2.23. The van der Waals surface area contributed by atoms with Crippen LogP contribution in [0.25, 0.3) is 0 Å². The molecular weight excluding hydrogens is 180 g/mol. The lowest BCUT2D eigenvalue weighted by atomic mass is 10.3. The van der Waals surface area contributed by atoms with E-state index in [0.717, 1.165) is 0 Å². The summed E-state index contributed by atoms with van der Waals surface area (Å²) in [4.78, 5) is 15.3. The third-order valence-corrected chi connectivity index (χ3v) is 2.27. The first-order valence-corrected chi connectivity index (χ1v) is 4.75. The lowest BCUT2D eigenvalue weighted by Gasteiger charge is -2.29. The summed E-state index contributed by atoms with van der Waals surface area (Å²) in [6.45, 7) is 3.30. The minimum atomic E-state index is 0.0464. The zero-order valence-corrected chi connectivity index (χ0v) is 7.98. The van der Waals surface area contributed by atoms with Gasteiger partial charge < -0.3 is 9.64 Å². The van der Waals surface area contributed by atoms with Crippen molar-refractivity contribution in [2.75, 3.05) is 32.8 Å². The molecule has 0 saturated carbocycles. The minimum Gasteiger partial charge on any atom is -0.378 e. The van der Waals surface area contributed by atoms with E-state index in [1.54, 1.807) is 16.0 Å². The van der Waals surface area contributed by atoms with Crippen molar-refractivity contribution in [1.29, 1.82) is 0 Å². The summed E-state index contributed by atoms with van der Waals surface area (Å²) < 4.78 is 5.18. The van der Waals surface area contributed by atoms with E-state index in [-0.39, 0.29) is 6.03 Å². The van der Waals surface area contributed by atoms with E-state index in [4.69, 9.17) is 4.74 Å². The summed E-state index contributed by atoms with van der Waals surface area (Å²) in [7, 11) is 0. The van der Waals surface area contributed by atoms with Crippen LogP contribution in [0.2, 0.25) is 0 Å². The number of amides is 2. The average molecular weight is 193 g/mol. The maximum absolute atomic E-state index is 11.8. The van der Waals surface area contributed by atoms with Crippen molar-refractivity contribution in [3.05, 3.63) is 24.4 Å². The molecule has 0 aromatic heterocycles. The van der Waals surface area contributed by atoms with Crippen LogP contribution in [0.5, 0.6) is 0 Å². The van der Waals surface area contributed by atoms with Gasteiger partial charge in [-0.15, -0.1) is 0 Å². The van der Waals surface area contributed by atoms with Crippen LogP contribution in [0.15, 0.2) is 18.4 Å². The van der Waals surface area contributed by atoms with Gasteiger partial charge in [0.15, 0.2) is 12.3 Å². The molecule has 2 aliphatic heterocycles.